The number of thioether (sulfide) groups is 3. The highest BCUT2D eigenvalue weighted by Crippen LogP contribution is 2.37. The Morgan fingerprint density at radius 3 is 1.18 bits per heavy atom. The lowest BCUT2D eigenvalue weighted by molar-refractivity contribution is 0.182. The van der Waals surface area contributed by atoms with Crippen molar-refractivity contribution in [2.45, 2.75) is 19.3 Å². The maximum Gasteiger partial charge on any atom is 0.0918 e. The summed E-state index contributed by atoms with van der Waals surface area (Å²) in [6.45, 7) is 2.73. The summed E-state index contributed by atoms with van der Waals surface area (Å²) in [5.41, 5.74) is 0. The molecule has 0 aromatic rings. The Labute approximate surface area is 151 Å². The van der Waals surface area contributed by atoms with Gasteiger partial charge in [-0.15, -0.1) is 43.2 Å². The summed E-state index contributed by atoms with van der Waals surface area (Å²) in [5, 5.41) is 0. The van der Waals surface area contributed by atoms with Gasteiger partial charge in [-0.3, -0.25) is 0 Å². The lowest BCUT2D eigenvalue weighted by atomic mass is 10.5. The fourth-order valence-corrected chi connectivity index (χ4v) is 5.19. The first-order valence-electron chi connectivity index (χ1n) is 7.77. The van der Waals surface area contributed by atoms with E-state index in [0.29, 0.717) is 0 Å². The molecule has 0 N–H and O–H groups in total. The fourth-order valence-electron chi connectivity index (χ4n) is 1.93. The lowest BCUT2D eigenvalue weighted by Gasteiger charge is -2.18. The van der Waals surface area contributed by atoms with Gasteiger partial charge in [-0.2, -0.15) is 0 Å². The van der Waals surface area contributed by atoms with E-state index in [4.69, 9.17) is 14.2 Å². The quantitative estimate of drug-likeness (QED) is 0.193. The summed E-state index contributed by atoms with van der Waals surface area (Å²) >= 11 is 5.25. The number of rotatable bonds is 18. The van der Waals surface area contributed by atoms with Gasteiger partial charge in [0, 0.05) is 19.8 Å². The standard InChI is InChI=1S/C15H33O3PS3/c1-20-13-16-7-4-10-19(11-5-8-17-14-21-2)12-6-9-18-15-22-3/h4-15H2,1-3H3. The molecule has 134 valence electrons. The monoisotopic (exact) mass is 388 g/mol. The molecule has 0 aromatic heterocycles. The third kappa shape index (κ3) is 17.7. The van der Waals surface area contributed by atoms with Gasteiger partial charge in [-0.1, -0.05) is 0 Å². The molecule has 0 aliphatic heterocycles. The molecule has 0 spiro atoms. The number of hydrogen-bond acceptors (Lipinski definition) is 6. The fraction of sp³-hybridized carbons (Fsp3) is 1.00. The number of ether oxygens (including phenoxy) is 3. The van der Waals surface area contributed by atoms with Crippen molar-refractivity contribution in [1.82, 2.24) is 0 Å². The van der Waals surface area contributed by atoms with Crippen molar-refractivity contribution in [3.8, 4) is 0 Å². The molecule has 0 aliphatic rings. The van der Waals surface area contributed by atoms with E-state index in [1.54, 1.807) is 35.3 Å². The largest absolute Gasteiger partial charge is 0.371 e. The first-order chi connectivity index (χ1) is 10.8. The van der Waals surface area contributed by atoms with E-state index >= 15 is 0 Å². The van der Waals surface area contributed by atoms with Crippen molar-refractivity contribution < 1.29 is 14.2 Å². The van der Waals surface area contributed by atoms with Crippen molar-refractivity contribution in [3.05, 3.63) is 0 Å². The van der Waals surface area contributed by atoms with Crippen LogP contribution in [0.4, 0.5) is 0 Å². The average molecular weight is 389 g/mol. The van der Waals surface area contributed by atoms with E-state index < -0.39 is 0 Å². The Morgan fingerprint density at radius 2 is 0.909 bits per heavy atom. The minimum absolute atomic E-state index is 0.116. The predicted octanol–water partition coefficient (Wildman–Crippen LogP) is 4.65. The molecule has 0 bridgehead atoms. The molecule has 0 aliphatic carbocycles. The Morgan fingerprint density at radius 1 is 0.591 bits per heavy atom. The lowest BCUT2D eigenvalue weighted by Crippen LogP contribution is -2.05. The Kier molecular flexibility index (Phi) is 21.7. The van der Waals surface area contributed by atoms with Crippen molar-refractivity contribution >= 4 is 43.2 Å². The Hall–Kier alpha value is 1.36. The minimum atomic E-state index is 0.116. The highest BCUT2D eigenvalue weighted by Gasteiger charge is 2.08. The van der Waals surface area contributed by atoms with Crippen molar-refractivity contribution in [2.75, 3.05) is 74.9 Å². The van der Waals surface area contributed by atoms with Crippen LogP contribution in [0, 0.1) is 0 Å². The third-order valence-corrected chi connectivity index (χ3v) is 6.95. The van der Waals surface area contributed by atoms with Crippen LogP contribution in [0.15, 0.2) is 0 Å². The van der Waals surface area contributed by atoms with Crippen LogP contribution in [0.25, 0.3) is 0 Å². The summed E-state index contributed by atoms with van der Waals surface area (Å²) in [6, 6.07) is 0. The van der Waals surface area contributed by atoms with Gasteiger partial charge in [0.05, 0.1) is 17.8 Å². The van der Waals surface area contributed by atoms with Gasteiger partial charge in [0.1, 0.15) is 0 Å². The highest BCUT2D eigenvalue weighted by molar-refractivity contribution is 7.98. The first kappa shape index (κ1) is 23.4. The zero-order chi connectivity index (χ0) is 16.3. The van der Waals surface area contributed by atoms with Crippen LogP contribution in [0.5, 0.6) is 0 Å². The second kappa shape index (κ2) is 20.4. The zero-order valence-electron chi connectivity index (χ0n) is 14.4. The van der Waals surface area contributed by atoms with E-state index in [0.717, 1.165) is 37.6 Å². The van der Waals surface area contributed by atoms with Gasteiger partial charge in [-0.25, -0.2) is 0 Å². The highest BCUT2D eigenvalue weighted by atomic mass is 32.2. The summed E-state index contributed by atoms with van der Waals surface area (Å²) in [5.74, 6) is 2.47. The molecule has 0 unspecified atom stereocenters. The summed E-state index contributed by atoms with van der Waals surface area (Å²) in [6.07, 6.45) is 13.8. The molecular formula is C15H33O3PS3. The van der Waals surface area contributed by atoms with Crippen molar-refractivity contribution in [2.24, 2.45) is 0 Å². The maximum atomic E-state index is 5.57. The van der Waals surface area contributed by atoms with Gasteiger partial charge >= 0.3 is 0 Å². The van der Waals surface area contributed by atoms with Crippen molar-refractivity contribution in [3.63, 3.8) is 0 Å². The van der Waals surface area contributed by atoms with Crippen LogP contribution in [0.1, 0.15) is 19.3 Å². The molecule has 3 nitrogen and oxygen atoms in total. The van der Waals surface area contributed by atoms with Crippen LogP contribution in [0.3, 0.4) is 0 Å². The van der Waals surface area contributed by atoms with E-state index in [9.17, 15) is 0 Å². The van der Waals surface area contributed by atoms with E-state index in [-0.39, 0.29) is 7.92 Å². The average Bonchev–Trinajstić information content (AvgIpc) is 2.53. The molecule has 7 heteroatoms. The molecule has 0 rings (SSSR count). The maximum absolute atomic E-state index is 5.57. The minimum Gasteiger partial charge on any atom is -0.371 e. The van der Waals surface area contributed by atoms with E-state index in [1.165, 1.54) is 37.7 Å². The Balaban J connectivity index is 3.72. The topological polar surface area (TPSA) is 27.7 Å². The van der Waals surface area contributed by atoms with Crippen molar-refractivity contribution in [1.29, 1.82) is 0 Å². The third-order valence-electron chi connectivity index (χ3n) is 2.89. The zero-order valence-corrected chi connectivity index (χ0v) is 17.7. The number of hydrogen-bond donors (Lipinski definition) is 0. The molecule has 22 heavy (non-hydrogen) atoms. The van der Waals surface area contributed by atoms with Gasteiger partial charge in [-0.05, 0) is 56.5 Å². The summed E-state index contributed by atoms with van der Waals surface area (Å²) in [7, 11) is 0.116. The molecular weight excluding hydrogens is 355 g/mol. The predicted molar refractivity (Wildman–Crippen MR) is 108 cm³/mol. The summed E-state index contributed by atoms with van der Waals surface area (Å²) < 4.78 is 16.7. The normalized spacial score (nSPS) is 11.5. The van der Waals surface area contributed by atoms with E-state index in [1.807, 2.05) is 0 Å². The first-order valence-corrected chi connectivity index (χ1v) is 13.9. The molecule has 0 saturated carbocycles. The van der Waals surface area contributed by atoms with Gasteiger partial charge < -0.3 is 14.2 Å². The second-order valence-corrected chi connectivity index (χ2v) is 9.97. The smallest absolute Gasteiger partial charge is 0.0918 e. The molecule has 0 amide bonds. The SMILES string of the molecule is CSCOCCCP(CCCOCSC)CCCOCSC. The molecule has 0 radical (unpaired) electrons. The van der Waals surface area contributed by atoms with Gasteiger partial charge in [0.15, 0.2) is 0 Å². The summed E-state index contributed by atoms with van der Waals surface area (Å²) in [4.78, 5) is 0. The van der Waals surface area contributed by atoms with Crippen LogP contribution in [-0.4, -0.2) is 74.9 Å². The van der Waals surface area contributed by atoms with Crippen LogP contribution >= 0.6 is 43.2 Å². The van der Waals surface area contributed by atoms with E-state index in [2.05, 4.69) is 18.8 Å². The molecule has 0 fully saturated rings. The molecule has 0 saturated heterocycles. The van der Waals surface area contributed by atoms with Gasteiger partial charge in [0.25, 0.3) is 0 Å². The molecule has 0 heterocycles. The second-order valence-electron chi connectivity index (χ2n) is 4.85. The Bertz CT molecular complexity index is 181. The van der Waals surface area contributed by atoms with Gasteiger partial charge in [0.2, 0.25) is 0 Å². The molecule has 0 atom stereocenters. The van der Waals surface area contributed by atoms with Crippen LogP contribution in [-0.2, 0) is 14.2 Å². The van der Waals surface area contributed by atoms with Crippen LogP contribution < -0.4 is 0 Å². The molecule has 0 aromatic carbocycles. The van der Waals surface area contributed by atoms with Crippen LogP contribution in [0.2, 0.25) is 0 Å².